The first-order chi connectivity index (χ1) is 15.5. The van der Waals surface area contributed by atoms with Gasteiger partial charge in [-0.3, -0.25) is 9.52 Å². The van der Waals surface area contributed by atoms with Crippen LogP contribution in [0.25, 0.3) is 0 Å². The minimum Gasteiger partial charge on any atom is -0.457 e. The number of aromatic nitrogens is 1. The van der Waals surface area contributed by atoms with Crippen LogP contribution >= 0.6 is 11.3 Å². The first-order valence-electron chi connectivity index (χ1n) is 9.70. The van der Waals surface area contributed by atoms with E-state index in [2.05, 4.69) is 15.0 Å². The first kappa shape index (κ1) is 20.2. The Morgan fingerprint density at radius 2 is 1.53 bits per heavy atom. The van der Waals surface area contributed by atoms with Crippen LogP contribution < -0.4 is 14.8 Å². The van der Waals surface area contributed by atoms with Crippen LogP contribution in [0.5, 0.6) is 11.5 Å². The van der Waals surface area contributed by atoms with E-state index in [9.17, 15) is 13.2 Å². The molecule has 160 valence electrons. The van der Waals surface area contributed by atoms with Gasteiger partial charge in [0.2, 0.25) is 5.91 Å². The Bertz CT molecular complexity index is 1340. The van der Waals surface area contributed by atoms with Gasteiger partial charge in [-0.25, -0.2) is 13.4 Å². The maximum Gasteiger partial charge on any atom is 0.263 e. The van der Waals surface area contributed by atoms with Crippen LogP contribution in [0.3, 0.4) is 0 Å². The number of nitrogens with one attached hydrogen (secondary N) is 2. The molecule has 0 unspecified atom stereocenters. The fraction of sp³-hybridized carbons (Fsp3) is 0.0435. The highest BCUT2D eigenvalue weighted by Gasteiger charge is 2.32. The van der Waals surface area contributed by atoms with Crippen molar-refractivity contribution in [3.8, 4) is 11.5 Å². The van der Waals surface area contributed by atoms with Gasteiger partial charge in [-0.05, 0) is 36.4 Å². The van der Waals surface area contributed by atoms with Crippen molar-refractivity contribution in [2.24, 2.45) is 0 Å². The molecular weight excluding hydrogens is 446 g/mol. The molecule has 5 rings (SSSR count). The van der Waals surface area contributed by atoms with Gasteiger partial charge in [0.25, 0.3) is 10.0 Å². The van der Waals surface area contributed by atoms with Crippen molar-refractivity contribution in [1.82, 2.24) is 4.98 Å². The van der Waals surface area contributed by atoms with Gasteiger partial charge in [0.05, 0.1) is 10.8 Å². The number of carbonyl (C=O) groups excluding carboxylic acids is 1. The average molecular weight is 464 g/mol. The number of hydrogen-bond acceptors (Lipinski definition) is 6. The van der Waals surface area contributed by atoms with Crippen molar-refractivity contribution < 1.29 is 17.9 Å². The van der Waals surface area contributed by atoms with E-state index >= 15 is 0 Å². The van der Waals surface area contributed by atoms with Crippen LogP contribution in [0.2, 0.25) is 0 Å². The van der Waals surface area contributed by atoms with E-state index in [1.165, 1.54) is 29.7 Å². The largest absolute Gasteiger partial charge is 0.457 e. The molecule has 0 saturated heterocycles. The second kappa shape index (κ2) is 8.10. The van der Waals surface area contributed by atoms with Gasteiger partial charge in [-0.2, -0.15) is 0 Å². The Balaban J connectivity index is 1.39. The lowest BCUT2D eigenvalue weighted by Gasteiger charge is -2.27. The molecule has 2 heterocycles. The van der Waals surface area contributed by atoms with Crippen molar-refractivity contribution >= 4 is 38.1 Å². The standard InChI is InChI=1S/C23H17N3O4S2/c27-22(21-17-5-1-3-7-19(17)30-20-8-4-2-6-18(20)21)25-15-9-11-16(12-10-15)32(28,29)26-23-24-13-14-31-23/h1-14,21H,(H,24,26)(H,25,27). The van der Waals surface area contributed by atoms with E-state index < -0.39 is 15.9 Å². The highest BCUT2D eigenvalue weighted by molar-refractivity contribution is 7.93. The zero-order chi connectivity index (χ0) is 22.1. The van der Waals surface area contributed by atoms with Crippen LogP contribution in [-0.2, 0) is 14.8 Å². The summed E-state index contributed by atoms with van der Waals surface area (Å²) in [4.78, 5) is 17.3. The molecule has 1 aliphatic rings. The molecule has 0 spiro atoms. The third-order valence-electron chi connectivity index (χ3n) is 5.03. The fourth-order valence-electron chi connectivity index (χ4n) is 3.57. The number of carbonyl (C=O) groups is 1. The van der Waals surface area contributed by atoms with Crippen molar-refractivity contribution in [2.45, 2.75) is 10.8 Å². The van der Waals surface area contributed by atoms with Gasteiger partial charge in [-0.15, -0.1) is 11.3 Å². The van der Waals surface area contributed by atoms with Gasteiger partial charge >= 0.3 is 0 Å². The van der Waals surface area contributed by atoms with Crippen molar-refractivity contribution in [3.63, 3.8) is 0 Å². The summed E-state index contributed by atoms with van der Waals surface area (Å²) in [7, 11) is -3.76. The normalized spacial score (nSPS) is 12.9. The summed E-state index contributed by atoms with van der Waals surface area (Å²) in [5.74, 6) is 0.498. The number of ether oxygens (including phenoxy) is 1. The molecule has 1 aromatic heterocycles. The molecule has 0 bridgehead atoms. The molecule has 1 amide bonds. The summed E-state index contributed by atoms with van der Waals surface area (Å²) in [5, 5.41) is 4.87. The highest BCUT2D eigenvalue weighted by atomic mass is 32.2. The average Bonchev–Trinajstić information content (AvgIpc) is 3.30. The zero-order valence-electron chi connectivity index (χ0n) is 16.6. The van der Waals surface area contributed by atoms with Gasteiger partial charge in [0.1, 0.15) is 11.5 Å². The Labute approximate surface area is 188 Å². The summed E-state index contributed by atoms with van der Waals surface area (Å²) in [5.41, 5.74) is 2.04. The van der Waals surface area contributed by atoms with Crippen molar-refractivity contribution in [3.05, 3.63) is 95.5 Å². The lowest BCUT2D eigenvalue weighted by atomic mass is 9.87. The topological polar surface area (TPSA) is 97.4 Å². The lowest BCUT2D eigenvalue weighted by Crippen LogP contribution is -2.25. The van der Waals surface area contributed by atoms with E-state index in [0.717, 1.165) is 11.1 Å². The Morgan fingerprint density at radius 1 is 0.906 bits per heavy atom. The highest BCUT2D eigenvalue weighted by Crippen LogP contribution is 2.44. The number of sulfonamides is 1. The Kier molecular flexibility index (Phi) is 5.12. The van der Waals surface area contributed by atoms with Crippen LogP contribution in [0.1, 0.15) is 17.0 Å². The number of nitrogens with zero attached hydrogens (tertiary/aromatic N) is 1. The summed E-state index contributed by atoms with van der Waals surface area (Å²) < 4.78 is 33.4. The number of hydrogen-bond donors (Lipinski definition) is 2. The van der Waals surface area contributed by atoms with Gasteiger partial charge < -0.3 is 10.1 Å². The van der Waals surface area contributed by atoms with E-state index in [1.54, 1.807) is 17.5 Å². The fourth-order valence-corrected chi connectivity index (χ4v) is 5.36. The number of benzene rings is 3. The molecule has 9 heteroatoms. The van der Waals surface area contributed by atoms with Crippen molar-refractivity contribution in [2.75, 3.05) is 10.0 Å². The molecule has 0 radical (unpaired) electrons. The zero-order valence-corrected chi connectivity index (χ0v) is 18.2. The minimum atomic E-state index is -3.76. The van der Waals surface area contributed by atoms with Gasteiger partial charge in [-0.1, -0.05) is 36.4 Å². The number of fused-ring (bicyclic) bond motifs is 2. The number of para-hydroxylation sites is 2. The number of rotatable bonds is 5. The third-order valence-corrected chi connectivity index (χ3v) is 7.20. The second-order valence-corrected chi connectivity index (χ2v) is 9.64. The van der Waals surface area contributed by atoms with E-state index in [1.807, 2.05) is 48.5 Å². The van der Waals surface area contributed by atoms with Crippen molar-refractivity contribution in [1.29, 1.82) is 0 Å². The third kappa shape index (κ3) is 3.83. The summed E-state index contributed by atoms with van der Waals surface area (Å²) in [6.07, 6.45) is 1.52. The first-order valence-corrected chi connectivity index (χ1v) is 12.1. The van der Waals surface area contributed by atoms with Gasteiger partial charge in [0.15, 0.2) is 5.13 Å². The molecule has 0 saturated carbocycles. The number of amides is 1. The maximum atomic E-state index is 13.3. The summed E-state index contributed by atoms with van der Waals surface area (Å²) >= 11 is 1.19. The van der Waals surface area contributed by atoms with Crippen LogP contribution in [0.4, 0.5) is 10.8 Å². The minimum absolute atomic E-state index is 0.0763. The van der Waals surface area contributed by atoms with E-state index in [-0.39, 0.29) is 10.8 Å². The molecular formula is C23H17N3O4S2. The number of anilines is 2. The predicted octanol–water partition coefficient (Wildman–Crippen LogP) is 4.82. The van der Waals surface area contributed by atoms with Gasteiger partial charge in [0, 0.05) is 28.4 Å². The monoisotopic (exact) mass is 463 g/mol. The lowest BCUT2D eigenvalue weighted by molar-refractivity contribution is -0.116. The quantitative estimate of drug-likeness (QED) is 0.442. The maximum absolute atomic E-state index is 13.3. The molecule has 3 aromatic carbocycles. The second-order valence-electron chi connectivity index (χ2n) is 7.07. The molecule has 0 aliphatic carbocycles. The van der Waals surface area contributed by atoms with E-state index in [4.69, 9.17) is 4.74 Å². The summed E-state index contributed by atoms with van der Waals surface area (Å²) in [6, 6.07) is 20.9. The van der Waals surface area contributed by atoms with Crippen LogP contribution in [0, 0.1) is 0 Å². The molecule has 0 atom stereocenters. The molecule has 4 aromatic rings. The SMILES string of the molecule is O=C(Nc1ccc(S(=O)(=O)Nc2nccs2)cc1)C1c2ccccc2Oc2ccccc21. The van der Waals surface area contributed by atoms with Crippen LogP contribution in [-0.4, -0.2) is 19.3 Å². The molecule has 7 nitrogen and oxygen atoms in total. The molecule has 32 heavy (non-hydrogen) atoms. The molecule has 2 N–H and O–H groups in total. The Morgan fingerprint density at radius 3 is 2.12 bits per heavy atom. The smallest absolute Gasteiger partial charge is 0.263 e. The van der Waals surface area contributed by atoms with Crippen LogP contribution in [0.15, 0.2) is 89.3 Å². The predicted molar refractivity (Wildman–Crippen MR) is 123 cm³/mol. The summed E-state index contributed by atoms with van der Waals surface area (Å²) in [6.45, 7) is 0. The number of thiazole rings is 1. The molecule has 0 fully saturated rings. The molecule has 1 aliphatic heterocycles. The van der Waals surface area contributed by atoms with E-state index in [0.29, 0.717) is 22.3 Å². The Hall–Kier alpha value is -3.69.